The summed E-state index contributed by atoms with van der Waals surface area (Å²) < 4.78 is 36.7. The minimum atomic E-state index is -0.978. The molecule has 7 N–H and O–H groups in total. The number of rotatable bonds is 16. The number of methoxy groups -OCH3 is 3. The first-order valence-corrected chi connectivity index (χ1v) is 35.7. The normalized spacial score (nSPS) is 9.75. The van der Waals surface area contributed by atoms with E-state index in [0.29, 0.717) is 47.4 Å². The number of ether oxygens (including phenoxy) is 7. The van der Waals surface area contributed by atoms with E-state index in [-0.39, 0.29) is 34.8 Å². The van der Waals surface area contributed by atoms with Crippen molar-refractivity contribution in [2.45, 2.75) is 89.3 Å². The summed E-state index contributed by atoms with van der Waals surface area (Å²) in [6.07, 6.45) is 11.8. The average Bonchev–Trinajstić information content (AvgIpc) is 0.821. The number of pyridine rings is 7. The SMILES string of the molecule is COc1ncc(C)cc1N.COc1ncc(C)cc1NC(=O)NCc1ccc(Oc2ccnc(C)c2)c(C)c1.COc1ncc(C)cc1[N+](=O)[O-].Cc1cc(C#N)ccc1O.Cc1cc(Cl)ccn1.Cc1cc(Oc2ccc(C#N)cc2C)ccn1.Cc1cc(Oc2ccc(CN)cc2C)ccn1.O=C(Cl)Oc1ccc([N+](=O)[O-])cc1. The molecule has 0 aliphatic rings. The van der Waals surface area contributed by atoms with Crippen molar-refractivity contribution < 1.29 is 57.7 Å². The van der Waals surface area contributed by atoms with E-state index in [2.05, 4.69) is 56.3 Å². The van der Waals surface area contributed by atoms with Gasteiger partial charge in [0.25, 0.3) is 11.6 Å². The maximum atomic E-state index is 12.3. The Labute approximate surface area is 681 Å². The molecule has 0 saturated heterocycles. The number of hydrogen-bond donors (Lipinski definition) is 5. The van der Waals surface area contributed by atoms with Crippen molar-refractivity contribution in [1.82, 2.24) is 40.2 Å². The van der Waals surface area contributed by atoms with Crippen molar-refractivity contribution in [3.05, 3.63) is 316 Å². The minimum absolute atomic E-state index is 0.0469. The molecule has 0 saturated carbocycles. The van der Waals surface area contributed by atoms with Crippen molar-refractivity contribution in [1.29, 1.82) is 10.5 Å². The summed E-state index contributed by atoms with van der Waals surface area (Å²) in [5.41, 5.74) is 24.5. The number of carbonyl (C=O) groups is 2. The fraction of sp³-hybridized carbons (Fsp3) is 0.188. The van der Waals surface area contributed by atoms with Gasteiger partial charge >= 0.3 is 17.1 Å². The number of urea groups is 1. The summed E-state index contributed by atoms with van der Waals surface area (Å²) in [4.78, 5) is 70.3. The van der Waals surface area contributed by atoms with Gasteiger partial charge in [0, 0.05) is 132 Å². The van der Waals surface area contributed by atoms with Gasteiger partial charge in [-0.3, -0.25) is 40.2 Å². The Balaban J connectivity index is 0.000000245. The number of nitro benzene ring substituents is 1. The van der Waals surface area contributed by atoms with Crippen LogP contribution in [0.25, 0.3) is 0 Å². The highest BCUT2D eigenvalue weighted by molar-refractivity contribution is 6.61. The third-order valence-electron chi connectivity index (χ3n) is 15.2. The van der Waals surface area contributed by atoms with Crippen molar-refractivity contribution in [3.8, 4) is 75.8 Å². The highest BCUT2D eigenvalue weighted by atomic mass is 35.5. The maximum Gasteiger partial charge on any atom is 0.409 e. The Morgan fingerprint density at radius 1 is 0.491 bits per heavy atom. The second-order valence-electron chi connectivity index (χ2n) is 24.8. The Morgan fingerprint density at radius 2 is 0.922 bits per heavy atom. The van der Waals surface area contributed by atoms with Crippen molar-refractivity contribution >= 4 is 57.4 Å². The molecule has 12 aromatic rings. The van der Waals surface area contributed by atoms with Gasteiger partial charge in [0.2, 0.25) is 11.8 Å². The van der Waals surface area contributed by atoms with Crippen LogP contribution in [0.4, 0.5) is 32.3 Å². The van der Waals surface area contributed by atoms with Crippen LogP contribution in [0.5, 0.6) is 63.6 Å². The largest absolute Gasteiger partial charge is 0.508 e. The third-order valence-corrected chi connectivity index (χ3v) is 15.5. The number of hydrogen-bond acceptors (Lipinski definition) is 25. The van der Waals surface area contributed by atoms with E-state index < -0.39 is 15.3 Å². The molecule has 0 spiro atoms. The van der Waals surface area contributed by atoms with Gasteiger partial charge in [0.05, 0.1) is 60.1 Å². The summed E-state index contributed by atoms with van der Waals surface area (Å²) in [6, 6.07) is 50.5. The topological polar surface area (TPSA) is 419 Å². The van der Waals surface area contributed by atoms with Crippen molar-refractivity contribution in [2.75, 3.05) is 32.4 Å². The molecule has 0 fully saturated rings. The van der Waals surface area contributed by atoms with Crippen LogP contribution in [-0.2, 0) is 13.1 Å². The fourth-order valence-corrected chi connectivity index (χ4v) is 9.86. The Bertz CT molecular complexity index is 5360. The molecule has 31 heteroatoms. The second kappa shape index (κ2) is 47.7. The van der Waals surface area contributed by atoms with Gasteiger partial charge in [-0.2, -0.15) is 10.5 Å². The van der Waals surface area contributed by atoms with Crippen LogP contribution in [0.1, 0.15) is 84.0 Å². The zero-order chi connectivity index (χ0) is 85.4. The number of anilines is 2. The number of aromatic hydroxyl groups is 1. The van der Waals surface area contributed by atoms with Crippen LogP contribution in [0.2, 0.25) is 5.02 Å². The molecule has 7 heterocycles. The van der Waals surface area contributed by atoms with E-state index in [4.69, 9.17) is 78.7 Å². The number of non-ortho nitro benzene ring substituents is 1. The first kappa shape index (κ1) is 92.2. The van der Waals surface area contributed by atoms with Crippen LogP contribution in [-0.4, -0.2) is 82.6 Å². The highest BCUT2D eigenvalue weighted by Crippen LogP contribution is 2.31. The molecule has 7 aromatic heterocycles. The molecular weight excluding hydrogens is 1530 g/mol. The lowest BCUT2D eigenvalue weighted by molar-refractivity contribution is -0.386. The van der Waals surface area contributed by atoms with E-state index in [1.54, 1.807) is 82.4 Å². The van der Waals surface area contributed by atoms with Crippen LogP contribution in [0.15, 0.2) is 207 Å². The van der Waals surface area contributed by atoms with Gasteiger partial charge in [-0.15, -0.1) is 0 Å². The predicted molar refractivity (Wildman–Crippen MR) is 443 cm³/mol. The number of nitriles is 2. The van der Waals surface area contributed by atoms with Crippen LogP contribution in [0.3, 0.4) is 0 Å². The predicted octanol–water partition coefficient (Wildman–Crippen LogP) is 19.1. The molecule has 0 bridgehead atoms. The molecule has 0 unspecified atom stereocenters. The number of nitro groups is 2. The highest BCUT2D eigenvalue weighted by Gasteiger charge is 2.16. The molecule has 5 aromatic carbocycles. The summed E-state index contributed by atoms with van der Waals surface area (Å²) in [5.74, 6) is 6.00. The summed E-state index contributed by atoms with van der Waals surface area (Å²) in [7, 11) is 4.42. The first-order valence-electron chi connectivity index (χ1n) is 34.9. The number of carbonyl (C=O) groups excluding carboxylic acids is 2. The maximum absolute atomic E-state index is 12.3. The molecule has 600 valence electrons. The zero-order valence-electron chi connectivity index (χ0n) is 66.1. The lowest BCUT2D eigenvalue weighted by atomic mass is 10.1. The quantitative estimate of drug-likeness (QED) is 0.0341. The number of amides is 2. The number of nitrogens with two attached hydrogens (primary N) is 2. The molecule has 0 radical (unpaired) electrons. The Hall–Kier alpha value is -14.4. The molecule has 29 nitrogen and oxygen atoms in total. The van der Waals surface area contributed by atoms with E-state index in [1.165, 1.54) is 56.8 Å². The molecule has 2 amide bonds. The number of phenolic OH excluding ortho intramolecular Hbond substituents is 1. The van der Waals surface area contributed by atoms with E-state index in [9.17, 15) is 29.8 Å². The van der Waals surface area contributed by atoms with E-state index in [1.807, 2.05) is 172 Å². The van der Waals surface area contributed by atoms with Crippen molar-refractivity contribution in [3.63, 3.8) is 0 Å². The van der Waals surface area contributed by atoms with Gasteiger partial charge in [-0.25, -0.2) is 24.5 Å². The third kappa shape index (κ3) is 32.9. The van der Waals surface area contributed by atoms with Crippen LogP contribution >= 0.6 is 23.2 Å². The van der Waals surface area contributed by atoms with Crippen LogP contribution in [0, 0.1) is 119 Å². The molecule has 0 atom stereocenters. The number of halogens is 2. The lowest BCUT2D eigenvalue weighted by Crippen LogP contribution is -2.28. The molecule has 0 aliphatic heterocycles. The number of nitrogens with zero attached hydrogens (tertiary/aromatic N) is 11. The molecule has 0 aliphatic carbocycles. The van der Waals surface area contributed by atoms with Crippen LogP contribution < -0.4 is 55.3 Å². The van der Waals surface area contributed by atoms with Gasteiger partial charge in [0.15, 0.2) is 0 Å². The Kier molecular flexibility index (Phi) is 37.9. The van der Waals surface area contributed by atoms with E-state index in [0.717, 1.165) is 112 Å². The minimum Gasteiger partial charge on any atom is -0.508 e. The number of phenols is 1. The number of nitrogen functional groups attached to an aromatic ring is 1. The number of nitrogens with one attached hydrogen (secondary N) is 2. The first-order chi connectivity index (χ1) is 55.3. The van der Waals surface area contributed by atoms with Crippen molar-refractivity contribution in [2.24, 2.45) is 5.73 Å². The summed E-state index contributed by atoms with van der Waals surface area (Å²) in [6.45, 7) is 21.8. The molecular formula is C85H87Cl2N15O14. The van der Waals surface area contributed by atoms with Gasteiger partial charge in [-0.05, 0) is 229 Å². The number of benzene rings is 5. The van der Waals surface area contributed by atoms with Gasteiger partial charge in [-0.1, -0.05) is 35.9 Å². The molecule has 12 rings (SSSR count). The fourth-order valence-electron chi connectivity index (χ4n) is 9.55. The molecule has 116 heavy (non-hydrogen) atoms. The summed E-state index contributed by atoms with van der Waals surface area (Å²) >= 11 is 10.5. The van der Waals surface area contributed by atoms with Gasteiger partial charge < -0.3 is 60.4 Å². The summed E-state index contributed by atoms with van der Waals surface area (Å²) in [5, 5.41) is 53.2. The standard InChI is InChI=1S/C22H24N4O3.C14H16N2O.C14H12N2O.C8H7NO.C7H4ClNO4.C7H8N2O3.C7H10N2O.C6H6ClN/c1-14-9-19(21(28-4)24-12-14)26-22(27)25-13-17-5-6-20(15(2)10-17)29-18-7-8-23-16(3)11-18;2*1-10-7-12(9-15)3-4-14(10)17-13-5-6-16-11(2)8-13;1-6-4-7(5-9)2-3-8(6)10;8-7(10)13-6-3-1-5(2-4-6)9(11)12;1-5-3-6(9(10)11)7(12-2)8-4-5;1-5-3-6(8)7(10-2)9-4-5;1-5-4-6(7)2-3-8-5/h5-12H,13H2,1-4H3,(H2,25,26,27);3-8H,9,15H2,1-2H3;3-8H,1-2H3;2-4,10H,1H3;1-4H;3-4H,1-2H3;3-4H,8H2,1-2H3;2-4H,1H3. The number of aromatic nitrogens is 7. The Morgan fingerprint density at radius 3 is 1.34 bits per heavy atom. The smallest absolute Gasteiger partial charge is 0.409 e. The zero-order valence-corrected chi connectivity index (χ0v) is 67.6. The van der Waals surface area contributed by atoms with E-state index >= 15 is 0 Å². The lowest BCUT2D eigenvalue weighted by Gasteiger charge is -2.13. The average molecular weight is 1610 g/mol. The monoisotopic (exact) mass is 1610 g/mol. The second-order valence-corrected chi connectivity index (χ2v) is 25.6. The van der Waals surface area contributed by atoms with Gasteiger partial charge in [0.1, 0.15) is 51.7 Å². The number of aryl methyl sites for hydroxylation is 11.